The van der Waals surface area contributed by atoms with Gasteiger partial charge >= 0.3 is 0 Å². The second-order valence-electron chi connectivity index (χ2n) is 11.8. The van der Waals surface area contributed by atoms with Gasteiger partial charge in [0.25, 0.3) is 0 Å². The molecule has 8 nitrogen and oxygen atoms in total. The number of para-hydroxylation sites is 2. The molecule has 42 heavy (non-hydrogen) atoms. The molecule has 2 bridgehead atoms. The largest absolute Gasteiger partial charge is 0.394 e. The first-order chi connectivity index (χ1) is 20.2. The number of hydrogen-bond donors (Lipinski definition) is 3. The summed E-state index contributed by atoms with van der Waals surface area (Å²) in [7, 11) is 0. The summed E-state index contributed by atoms with van der Waals surface area (Å²) in [5, 5.41) is 16.9. The molecule has 1 spiro atoms. The van der Waals surface area contributed by atoms with Crippen LogP contribution >= 0.6 is 11.6 Å². The molecule has 3 N–H and O–H groups in total. The number of aliphatic hydroxyl groups excluding tert-OH is 1. The van der Waals surface area contributed by atoms with Gasteiger partial charge < -0.3 is 25.4 Å². The molecule has 3 saturated heterocycles. The highest BCUT2D eigenvalue weighted by Crippen LogP contribution is 2.65. The molecular formula is C33H34ClN3O5. The molecule has 9 heteroatoms. The van der Waals surface area contributed by atoms with Gasteiger partial charge in [-0.1, -0.05) is 79.2 Å². The molecule has 6 rings (SSSR count). The molecule has 3 aliphatic rings. The minimum atomic E-state index is -1.26. The minimum Gasteiger partial charge on any atom is -0.394 e. The van der Waals surface area contributed by atoms with Crippen LogP contribution in [0, 0.1) is 17.8 Å². The molecule has 3 heterocycles. The number of carbonyl (C=O) groups excluding carboxylic acids is 3. The van der Waals surface area contributed by atoms with Gasteiger partial charge in [-0.25, -0.2) is 0 Å². The molecule has 0 aliphatic carbocycles. The lowest BCUT2D eigenvalue weighted by Gasteiger charge is -2.37. The summed E-state index contributed by atoms with van der Waals surface area (Å²) in [6, 6.07) is 23.7. The molecule has 0 radical (unpaired) electrons. The summed E-state index contributed by atoms with van der Waals surface area (Å²) < 4.78 is 6.80. The van der Waals surface area contributed by atoms with Gasteiger partial charge in [-0.2, -0.15) is 0 Å². The maximum atomic E-state index is 14.6. The van der Waals surface area contributed by atoms with Crippen molar-refractivity contribution in [3.63, 3.8) is 0 Å². The summed E-state index contributed by atoms with van der Waals surface area (Å²) in [5.41, 5.74) is -0.302. The van der Waals surface area contributed by atoms with E-state index >= 15 is 0 Å². The quantitative estimate of drug-likeness (QED) is 0.359. The standard InChI is InChI=1S/C33H34ClN3O5/c1-20-18-33-27(26(32(20,2)42-33)29(39)35-22-13-7-4-8-14-22)31(41)37(23(19-38)17-21-11-5-3-6-12-21)28(33)30(40)36-25-16-10-9-15-24(25)34/h3-16,20,23,26-28,38H,17-19H2,1-2H3,(H,35,39)(H,36,40)/t20?,23-,26+,27+,28?,32-,33?/m1/s1. The highest BCUT2D eigenvalue weighted by atomic mass is 35.5. The Kier molecular flexibility index (Phi) is 7.33. The van der Waals surface area contributed by atoms with Gasteiger partial charge in [0.2, 0.25) is 17.7 Å². The molecule has 0 saturated carbocycles. The van der Waals surface area contributed by atoms with Crippen molar-refractivity contribution in [3.05, 3.63) is 95.5 Å². The van der Waals surface area contributed by atoms with Gasteiger partial charge in [0.15, 0.2) is 0 Å². The molecule has 0 aromatic heterocycles. The third kappa shape index (κ3) is 4.49. The Bertz CT molecular complexity index is 1500. The maximum Gasteiger partial charge on any atom is 0.250 e. The van der Waals surface area contributed by atoms with Gasteiger partial charge in [-0.05, 0) is 55.5 Å². The summed E-state index contributed by atoms with van der Waals surface area (Å²) in [5.74, 6) is -3.03. The lowest BCUT2D eigenvalue weighted by atomic mass is 9.62. The van der Waals surface area contributed by atoms with Gasteiger partial charge in [0, 0.05) is 5.69 Å². The number of ether oxygens (including phenoxy) is 1. The molecule has 3 fully saturated rings. The first-order valence-electron chi connectivity index (χ1n) is 14.3. The summed E-state index contributed by atoms with van der Waals surface area (Å²) in [4.78, 5) is 44.3. The SMILES string of the molecule is CC1CC23O[C@@]1(C)[C@H](C(=O)Nc1ccccc1)[C@H]2C(=O)N([C@@H](CO)Cc1ccccc1)C3C(=O)Nc1ccccc1Cl. The number of anilines is 2. The highest BCUT2D eigenvalue weighted by molar-refractivity contribution is 6.33. The summed E-state index contributed by atoms with van der Waals surface area (Å²) in [6.45, 7) is 3.50. The van der Waals surface area contributed by atoms with E-state index in [1.54, 1.807) is 36.4 Å². The van der Waals surface area contributed by atoms with Crippen LogP contribution < -0.4 is 10.6 Å². The fraction of sp³-hybridized carbons (Fsp3) is 0.364. The van der Waals surface area contributed by atoms with E-state index in [1.165, 1.54) is 4.90 Å². The Hall–Kier alpha value is -3.72. The zero-order valence-electron chi connectivity index (χ0n) is 23.5. The number of rotatable bonds is 8. The second-order valence-corrected chi connectivity index (χ2v) is 12.2. The number of nitrogens with zero attached hydrogens (tertiary/aromatic N) is 1. The Morgan fingerprint density at radius 3 is 2.31 bits per heavy atom. The van der Waals surface area contributed by atoms with Crippen LogP contribution in [0.4, 0.5) is 11.4 Å². The average Bonchev–Trinajstić information content (AvgIpc) is 3.50. The van der Waals surface area contributed by atoms with Gasteiger partial charge in [-0.3, -0.25) is 14.4 Å². The Morgan fingerprint density at radius 1 is 1.00 bits per heavy atom. The van der Waals surface area contributed by atoms with Crippen molar-refractivity contribution in [2.24, 2.45) is 17.8 Å². The van der Waals surface area contributed by atoms with Crippen LogP contribution in [0.5, 0.6) is 0 Å². The highest BCUT2D eigenvalue weighted by Gasteiger charge is 2.80. The number of likely N-dealkylation sites (tertiary alicyclic amines) is 1. The van der Waals surface area contributed by atoms with E-state index in [-0.39, 0.29) is 24.3 Å². The molecule has 3 aliphatic heterocycles. The van der Waals surface area contributed by atoms with Crippen molar-refractivity contribution in [2.45, 2.75) is 50.0 Å². The normalized spacial score (nSPS) is 30.2. The van der Waals surface area contributed by atoms with Crippen LogP contribution in [-0.2, 0) is 25.5 Å². The van der Waals surface area contributed by atoms with Crippen LogP contribution in [0.15, 0.2) is 84.9 Å². The van der Waals surface area contributed by atoms with E-state index in [1.807, 2.05) is 62.4 Å². The van der Waals surface area contributed by atoms with E-state index in [4.69, 9.17) is 16.3 Å². The van der Waals surface area contributed by atoms with Crippen molar-refractivity contribution >= 4 is 40.7 Å². The average molecular weight is 588 g/mol. The predicted molar refractivity (Wildman–Crippen MR) is 160 cm³/mol. The van der Waals surface area contributed by atoms with Crippen molar-refractivity contribution in [1.29, 1.82) is 0 Å². The predicted octanol–water partition coefficient (Wildman–Crippen LogP) is 4.53. The van der Waals surface area contributed by atoms with E-state index in [9.17, 15) is 19.5 Å². The van der Waals surface area contributed by atoms with Gasteiger partial charge in [0.1, 0.15) is 11.6 Å². The summed E-state index contributed by atoms with van der Waals surface area (Å²) in [6.07, 6.45) is 0.741. The van der Waals surface area contributed by atoms with Crippen molar-refractivity contribution in [1.82, 2.24) is 4.90 Å². The number of benzene rings is 3. The Balaban J connectivity index is 1.43. The van der Waals surface area contributed by atoms with Crippen LogP contribution in [0.2, 0.25) is 5.02 Å². The van der Waals surface area contributed by atoms with Crippen LogP contribution in [-0.4, -0.2) is 57.6 Å². The number of aliphatic hydroxyl groups is 1. The fourth-order valence-corrected chi connectivity index (χ4v) is 7.59. The van der Waals surface area contributed by atoms with Crippen LogP contribution in [0.3, 0.4) is 0 Å². The van der Waals surface area contributed by atoms with Crippen LogP contribution in [0.25, 0.3) is 0 Å². The maximum absolute atomic E-state index is 14.6. The molecule has 3 unspecified atom stereocenters. The number of halogens is 1. The zero-order valence-corrected chi connectivity index (χ0v) is 24.3. The first kappa shape index (κ1) is 28.4. The second kappa shape index (κ2) is 10.8. The number of amides is 3. The van der Waals surface area contributed by atoms with Crippen LogP contribution in [0.1, 0.15) is 25.8 Å². The van der Waals surface area contributed by atoms with Crippen molar-refractivity contribution in [2.75, 3.05) is 17.2 Å². The summed E-state index contributed by atoms with van der Waals surface area (Å²) >= 11 is 6.39. The molecule has 3 aromatic carbocycles. The van der Waals surface area contributed by atoms with Gasteiger partial charge in [0.05, 0.1) is 40.8 Å². The molecular weight excluding hydrogens is 554 g/mol. The van der Waals surface area contributed by atoms with E-state index < -0.39 is 41.0 Å². The van der Waals surface area contributed by atoms with E-state index in [0.29, 0.717) is 29.2 Å². The fourth-order valence-electron chi connectivity index (χ4n) is 7.41. The molecule has 7 atom stereocenters. The topological polar surface area (TPSA) is 108 Å². The zero-order chi connectivity index (χ0) is 29.6. The third-order valence-corrected chi connectivity index (χ3v) is 9.70. The van der Waals surface area contributed by atoms with E-state index in [2.05, 4.69) is 10.6 Å². The monoisotopic (exact) mass is 587 g/mol. The lowest BCUT2D eigenvalue weighted by molar-refractivity contribution is -0.147. The minimum absolute atomic E-state index is 0.120. The number of nitrogens with one attached hydrogen (secondary N) is 2. The smallest absolute Gasteiger partial charge is 0.250 e. The molecule has 218 valence electrons. The Labute approximate surface area is 250 Å². The van der Waals surface area contributed by atoms with E-state index in [0.717, 1.165) is 5.56 Å². The Morgan fingerprint density at radius 2 is 1.64 bits per heavy atom. The number of fused-ring (bicyclic) bond motifs is 1. The molecule has 3 amide bonds. The third-order valence-electron chi connectivity index (χ3n) is 9.37. The molecule has 3 aromatic rings. The van der Waals surface area contributed by atoms with Gasteiger partial charge in [-0.15, -0.1) is 0 Å². The lowest BCUT2D eigenvalue weighted by Crippen LogP contribution is -2.57. The van der Waals surface area contributed by atoms with Crippen molar-refractivity contribution < 1.29 is 24.2 Å². The van der Waals surface area contributed by atoms with Crippen molar-refractivity contribution in [3.8, 4) is 0 Å². The number of carbonyl (C=O) groups is 3. The number of hydrogen-bond acceptors (Lipinski definition) is 5. The first-order valence-corrected chi connectivity index (χ1v) is 14.7.